The zero-order chi connectivity index (χ0) is 20.5. The third-order valence-electron chi connectivity index (χ3n) is 5.21. The summed E-state index contributed by atoms with van der Waals surface area (Å²) >= 11 is 12.7. The van der Waals surface area contributed by atoms with Gasteiger partial charge < -0.3 is 14.2 Å². The van der Waals surface area contributed by atoms with Crippen LogP contribution in [0, 0.1) is 5.82 Å². The Hall–Kier alpha value is -2.24. The number of anilines is 1. The van der Waals surface area contributed by atoms with E-state index in [9.17, 15) is 9.18 Å². The highest BCUT2D eigenvalue weighted by atomic mass is 35.5. The van der Waals surface area contributed by atoms with E-state index in [1.165, 1.54) is 6.07 Å². The van der Waals surface area contributed by atoms with Crippen molar-refractivity contribution in [3.63, 3.8) is 0 Å². The Morgan fingerprint density at radius 3 is 2.59 bits per heavy atom. The first-order valence-electron chi connectivity index (χ1n) is 9.73. The Morgan fingerprint density at radius 1 is 1.14 bits per heavy atom. The van der Waals surface area contributed by atoms with Gasteiger partial charge in [-0.1, -0.05) is 29.3 Å². The zero-order valence-electron chi connectivity index (χ0n) is 16.1. The molecule has 1 aromatic heterocycles. The predicted molar refractivity (Wildman–Crippen MR) is 115 cm³/mol. The molecule has 0 spiro atoms. The first-order chi connectivity index (χ1) is 14.0. The van der Waals surface area contributed by atoms with Crippen molar-refractivity contribution in [2.45, 2.75) is 26.2 Å². The summed E-state index contributed by atoms with van der Waals surface area (Å²) in [5.41, 5.74) is 2.31. The number of halogens is 3. The van der Waals surface area contributed by atoms with E-state index in [0.717, 1.165) is 32.4 Å². The molecule has 1 aliphatic heterocycles. The van der Waals surface area contributed by atoms with Crippen molar-refractivity contribution >= 4 is 45.8 Å². The molecular weight excluding hydrogens is 414 g/mol. The molecule has 0 unspecified atom stereocenters. The van der Waals surface area contributed by atoms with Gasteiger partial charge in [0.25, 0.3) is 0 Å². The molecule has 2 aromatic carbocycles. The van der Waals surface area contributed by atoms with Crippen molar-refractivity contribution in [2.24, 2.45) is 0 Å². The Bertz CT molecular complexity index is 1070. The van der Waals surface area contributed by atoms with Gasteiger partial charge in [-0.15, -0.1) is 0 Å². The van der Waals surface area contributed by atoms with Gasteiger partial charge in [0.2, 0.25) is 0 Å². The van der Waals surface area contributed by atoms with Crippen LogP contribution < -0.4 is 4.90 Å². The van der Waals surface area contributed by atoms with Crippen LogP contribution in [-0.4, -0.2) is 30.2 Å². The largest absolute Gasteiger partial charge is 0.461 e. The molecular formula is C22H21Cl2FN2O2. The number of hydrogen-bond acceptors (Lipinski definition) is 3. The van der Waals surface area contributed by atoms with E-state index < -0.39 is 11.8 Å². The summed E-state index contributed by atoms with van der Waals surface area (Å²) in [6.45, 7) is 3.54. The van der Waals surface area contributed by atoms with Crippen LogP contribution >= 0.6 is 23.2 Å². The fraction of sp³-hybridized carbons (Fsp3) is 0.318. The van der Waals surface area contributed by atoms with Crippen molar-refractivity contribution in [3.05, 3.63) is 58.0 Å². The fourth-order valence-electron chi connectivity index (χ4n) is 3.99. The van der Waals surface area contributed by atoms with Gasteiger partial charge in [0.15, 0.2) is 5.69 Å². The first-order valence-corrected chi connectivity index (χ1v) is 10.5. The molecule has 0 saturated carbocycles. The number of rotatable bonds is 4. The minimum Gasteiger partial charge on any atom is -0.461 e. The van der Waals surface area contributed by atoms with E-state index >= 15 is 0 Å². The van der Waals surface area contributed by atoms with E-state index in [2.05, 4.69) is 4.90 Å². The Morgan fingerprint density at radius 2 is 1.90 bits per heavy atom. The summed E-state index contributed by atoms with van der Waals surface area (Å²) < 4.78 is 21.6. The van der Waals surface area contributed by atoms with E-state index in [4.69, 9.17) is 27.9 Å². The van der Waals surface area contributed by atoms with Gasteiger partial charge in [-0.3, -0.25) is 0 Å². The Labute approximate surface area is 178 Å². The maximum atomic E-state index is 14.5. The summed E-state index contributed by atoms with van der Waals surface area (Å²) in [5.74, 6) is -0.989. The summed E-state index contributed by atoms with van der Waals surface area (Å²) in [5, 5.41) is 1.07. The summed E-state index contributed by atoms with van der Waals surface area (Å²) in [7, 11) is 0. The fourth-order valence-corrected chi connectivity index (χ4v) is 4.43. The summed E-state index contributed by atoms with van der Waals surface area (Å²) in [6, 6.07) is 10.2. The molecule has 0 radical (unpaired) electrons. The molecule has 1 aliphatic rings. The lowest BCUT2D eigenvalue weighted by molar-refractivity contribution is 0.0518. The monoisotopic (exact) mass is 434 g/mol. The van der Waals surface area contributed by atoms with Crippen LogP contribution in [0.3, 0.4) is 0 Å². The van der Waals surface area contributed by atoms with Gasteiger partial charge in [0, 0.05) is 29.2 Å². The molecule has 0 atom stereocenters. The number of ether oxygens (including phenoxy) is 1. The number of fused-ring (bicyclic) bond motifs is 1. The standard InChI is InChI=1S/C22H21Cl2FN2O2/c1-2-29-22(28)21-20(26-11-4-3-5-12-26)18-17(10-9-16(25)19(18)24)27(21)15-8-6-7-14(23)13-15/h6-10,13H,2-5,11-12H2,1H3. The van der Waals surface area contributed by atoms with Crippen LogP contribution in [-0.2, 0) is 4.74 Å². The number of carbonyl (C=O) groups is 1. The van der Waals surface area contributed by atoms with Crippen LogP contribution in [0.4, 0.5) is 10.1 Å². The summed E-state index contributed by atoms with van der Waals surface area (Å²) in [6.07, 6.45) is 3.12. The maximum absolute atomic E-state index is 14.5. The van der Waals surface area contributed by atoms with Gasteiger partial charge in [-0.05, 0) is 56.5 Å². The van der Waals surface area contributed by atoms with Crippen LogP contribution in [0.1, 0.15) is 36.7 Å². The molecule has 2 heterocycles. The normalized spacial score (nSPS) is 14.4. The molecule has 0 N–H and O–H groups in total. The minimum atomic E-state index is -0.518. The third kappa shape index (κ3) is 3.58. The molecule has 7 heteroatoms. The smallest absolute Gasteiger partial charge is 0.357 e. The van der Waals surface area contributed by atoms with Gasteiger partial charge in [-0.25, -0.2) is 9.18 Å². The number of piperidine rings is 1. The number of benzene rings is 2. The minimum absolute atomic E-state index is 0.00870. The lowest BCUT2D eigenvalue weighted by Crippen LogP contribution is -2.31. The van der Waals surface area contributed by atoms with Crippen LogP contribution in [0.5, 0.6) is 0 Å². The molecule has 1 saturated heterocycles. The molecule has 4 rings (SSSR count). The van der Waals surface area contributed by atoms with Crippen molar-refractivity contribution < 1.29 is 13.9 Å². The molecule has 1 fully saturated rings. The average molecular weight is 435 g/mol. The highest BCUT2D eigenvalue weighted by Crippen LogP contribution is 2.42. The number of hydrogen-bond donors (Lipinski definition) is 0. The maximum Gasteiger partial charge on any atom is 0.357 e. The quantitative estimate of drug-likeness (QED) is 0.455. The second-order valence-corrected chi connectivity index (χ2v) is 7.85. The van der Waals surface area contributed by atoms with Crippen LogP contribution in [0.2, 0.25) is 10.0 Å². The SMILES string of the molecule is CCOC(=O)c1c(N2CCCCC2)c2c(Cl)c(F)ccc2n1-c1cccc(Cl)c1. The third-order valence-corrected chi connectivity index (χ3v) is 5.81. The van der Waals surface area contributed by atoms with Crippen LogP contribution in [0.15, 0.2) is 36.4 Å². The predicted octanol–water partition coefficient (Wildman–Crippen LogP) is 6.24. The van der Waals surface area contributed by atoms with Gasteiger partial charge in [0.05, 0.1) is 22.8 Å². The number of aromatic nitrogens is 1. The number of nitrogens with zero attached hydrogens (tertiary/aromatic N) is 2. The molecule has 0 aliphatic carbocycles. The molecule has 0 amide bonds. The Balaban J connectivity index is 2.11. The zero-order valence-corrected chi connectivity index (χ0v) is 17.6. The van der Waals surface area contributed by atoms with Gasteiger partial charge >= 0.3 is 5.97 Å². The molecule has 152 valence electrons. The molecule has 4 nitrogen and oxygen atoms in total. The first kappa shape index (κ1) is 20.0. The van der Waals surface area contributed by atoms with Crippen molar-refractivity contribution in [3.8, 4) is 5.69 Å². The second kappa shape index (κ2) is 8.25. The highest BCUT2D eigenvalue weighted by Gasteiger charge is 2.31. The van der Waals surface area contributed by atoms with Crippen molar-refractivity contribution in [1.29, 1.82) is 0 Å². The number of carbonyl (C=O) groups excluding carboxylic acids is 1. The second-order valence-electron chi connectivity index (χ2n) is 7.04. The molecule has 0 bridgehead atoms. The number of esters is 1. The summed E-state index contributed by atoms with van der Waals surface area (Å²) in [4.78, 5) is 15.2. The van der Waals surface area contributed by atoms with E-state index in [1.54, 1.807) is 29.7 Å². The van der Waals surface area contributed by atoms with Gasteiger partial charge in [-0.2, -0.15) is 0 Å². The lowest BCUT2D eigenvalue weighted by Gasteiger charge is -2.29. The van der Waals surface area contributed by atoms with E-state index in [-0.39, 0.29) is 11.6 Å². The van der Waals surface area contributed by atoms with Crippen LogP contribution in [0.25, 0.3) is 16.6 Å². The average Bonchev–Trinajstić information content (AvgIpc) is 3.07. The molecule has 29 heavy (non-hydrogen) atoms. The highest BCUT2D eigenvalue weighted by molar-refractivity contribution is 6.37. The van der Waals surface area contributed by atoms with E-state index in [0.29, 0.717) is 33.0 Å². The Kier molecular flexibility index (Phi) is 5.70. The van der Waals surface area contributed by atoms with E-state index in [1.807, 2.05) is 12.1 Å². The van der Waals surface area contributed by atoms with Crippen molar-refractivity contribution in [2.75, 3.05) is 24.6 Å². The topological polar surface area (TPSA) is 34.5 Å². The van der Waals surface area contributed by atoms with Crippen molar-refractivity contribution in [1.82, 2.24) is 4.57 Å². The lowest BCUT2D eigenvalue weighted by atomic mass is 10.1. The van der Waals surface area contributed by atoms with Gasteiger partial charge in [0.1, 0.15) is 5.82 Å². The molecule has 3 aromatic rings.